The summed E-state index contributed by atoms with van der Waals surface area (Å²) in [5, 5.41) is 8.90. The van der Waals surface area contributed by atoms with Crippen LogP contribution in [0.4, 0.5) is 0 Å². The molecule has 0 aromatic heterocycles. The molecule has 98 valence electrons. The van der Waals surface area contributed by atoms with Crippen LogP contribution in [0.25, 0.3) is 0 Å². The van der Waals surface area contributed by atoms with Crippen LogP contribution in [0, 0.1) is 16.7 Å². The maximum atomic E-state index is 11.5. The first kappa shape index (κ1) is 14.1. The third kappa shape index (κ3) is 3.52. The van der Waals surface area contributed by atoms with E-state index in [1.165, 1.54) is 6.08 Å². The van der Waals surface area contributed by atoms with Gasteiger partial charge in [-0.15, -0.1) is 0 Å². The zero-order valence-electron chi connectivity index (χ0n) is 10.9. The second-order valence-electron chi connectivity index (χ2n) is 4.91. The van der Waals surface area contributed by atoms with Crippen LogP contribution < -0.4 is 5.73 Å². The number of nitrogens with two attached hydrogens (primary N) is 1. The highest BCUT2D eigenvalue weighted by Crippen LogP contribution is 2.31. The molecule has 0 saturated heterocycles. The fourth-order valence-corrected chi connectivity index (χ4v) is 1.63. The molecule has 0 spiro atoms. The monoisotopic (exact) mass is 250 g/mol. The molecule has 5 heteroatoms. The topological polar surface area (TPSA) is 85.3 Å². The highest BCUT2D eigenvalue weighted by atomic mass is 16.5. The molecule has 18 heavy (non-hydrogen) atoms. The van der Waals surface area contributed by atoms with Gasteiger partial charge in [-0.25, -0.2) is 4.79 Å². The van der Waals surface area contributed by atoms with Crippen molar-refractivity contribution in [2.45, 2.75) is 27.2 Å². The van der Waals surface area contributed by atoms with Gasteiger partial charge < -0.3 is 15.2 Å². The predicted molar refractivity (Wildman–Crippen MR) is 65.9 cm³/mol. The Morgan fingerprint density at radius 2 is 2.33 bits per heavy atom. The molecular formula is C13H18N2O3. The Morgan fingerprint density at radius 3 is 2.83 bits per heavy atom. The van der Waals surface area contributed by atoms with Gasteiger partial charge in [0.05, 0.1) is 18.9 Å². The van der Waals surface area contributed by atoms with Crippen molar-refractivity contribution in [3.63, 3.8) is 0 Å². The third-order valence-electron chi connectivity index (χ3n) is 2.50. The molecule has 0 atom stereocenters. The molecular weight excluding hydrogens is 232 g/mol. The minimum Gasteiger partial charge on any atom is -0.491 e. The van der Waals surface area contributed by atoms with E-state index in [1.807, 2.05) is 13.8 Å². The van der Waals surface area contributed by atoms with Crippen LogP contribution in [0.5, 0.6) is 0 Å². The van der Waals surface area contributed by atoms with Crippen molar-refractivity contribution in [3.05, 3.63) is 23.1 Å². The molecule has 0 fully saturated rings. The number of ether oxygens (including phenoxy) is 2. The number of hydrogen-bond acceptors (Lipinski definition) is 5. The number of carbonyl (C=O) groups is 1. The molecule has 2 N–H and O–H groups in total. The first-order chi connectivity index (χ1) is 8.39. The van der Waals surface area contributed by atoms with Crippen molar-refractivity contribution >= 4 is 5.97 Å². The van der Waals surface area contributed by atoms with E-state index in [4.69, 9.17) is 20.5 Å². The van der Waals surface area contributed by atoms with Gasteiger partial charge in [0.1, 0.15) is 17.4 Å². The summed E-state index contributed by atoms with van der Waals surface area (Å²) in [4.78, 5) is 11.5. The number of allylic oxidation sites excluding steroid dienone is 2. The Kier molecular flexibility index (Phi) is 4.38. The fraction of sp³-hybridized carbons (Fsp3) is 0.538. The van der Waals surface area contributed by atoms with Gasteiger partial charge in [-0.05, 0) is 13.3 Å². The molecule has 0 aromatic rings. The molecule has 0 radical (unpaired) electrons. The molecule has 0 unspecified atom stereocenters. The fourth-order valence-electron chi connectivity index (χ4n) is 1.63. The van der Waals surface area contributed by atoms with Crippen molar-refractivity contribution in [3.8, 4) is 6.07 Å². The summed E-state index contributed by atoms with van der Waals surface area (Å²) in [6.07, 6.45) is 2.02. The Hall–Kier alpha value is -1.96. The van der Waals surface area contributed by atoms with E-state index < -0.39 is 5.97 Å². The smallest absolute Gasteiger partial charge is 0.349 e. The van der Waals surface area contributed by atoms with Crippen LogP contribution in [0.1, 0.15) is 27.2 Å². The zero-order valence-corrected chi connectivity index (χ0v) is 10.9. The highest BCUT2D eigenvalue weighted by molar-refractivity contribution is 5.93. The number of esters is 1. The predicted octanol–water partition coefficient (Wildman–Crippen LogP) is 1.62. The number of nitrogens with zero attached hydrogens (tertiary/aromatic N) is 1. The van der Waals surface area contributed by atoms with Crippen LogP contribution in [-0.4, -0.2) is 19.2 Å². The van der Waals surface area contributed by atoms with Crippen LogP contribution in [0.3, 0.4) is 0 Å². The van der Waals surface area contributed by atoms with Crippen molar-refractivity contribution < 1.29 is 14.3 Å². The van der Waals surface area contributed by atoms with Gasteiger partial charge in [0.25, 0.3) is 0 Å². The van der Waals surface area contributed by atoms with Gasteiger partial charge in [-0.3, -0.25) is 0 Å². The molecule has 0 amide bonds. The molecule has 1 aliphatic rings. The molecule has 0 aliphatic carbocycles. The highest BCUT2D eigenvalue weighted by Gasteiger charge is 2.27. The number of rotatable bonds is 3. The number of nitriles is 1. The van der Waals surface area contributed by atoms with Crippen molar-refractivity contribution in [1.82, 2.24) is 0 Å². The summed E-state index contributed by atoms with van der Waals surface area (Å²) in [6, 6.07) is 1.79. The lowest BCUT2D eigenvalue weighted by atomic mass is 9.87. The van der Waals surface area contributed by atoms with E-state index in [1.54, 1.807) is 13.0 Å². The first-order valence-corrected chi connectivity index (χ1v) is 5.80. The Labute approximate surface area is 107 Å². The van der Waals surface area contributed by atoms with Crippen molar-refractivity contribution in [2.75, 3.05) is 13.2 Å². The molecule has 0 bridgehead atoms. The van der Waals surface area contributed by atoms with E-state index in [0.29, 0.717) is 24.5 Å². The van der Waals surface area contributed by atoms with Gasteiger partial charge in [-0.2, -0.15) is 5.26 Å². The van der Waals surface area contributed by atoms with Crippen molar-refractivity contribution in [2.24, 2.45) is 11.1 Å². The third-order valence-corrected chi connectivity index (χ3v) is 2.50. The van der Waals surface area contributed by atoms with E-state index in [0.717, 1.165) is 0 Å². The summed E-state index contributed by atoms with van der Waals surface area (Å²) in [5.74, 6) is -0.271. The second-order valence-corrected chi connectivity index (χ2v) is 4.91. The molecule has 5 nitrogen and oxygen atoms in total. The van der Waals surface area contributed by atoms with E-state index in [2.05, 4.69) is 0 Å². The Balaban J connectivity index is 2.94. The quantitative estimate of drug-likeness (QED) is 0.467. The van der Waals surface area contributed by atoms with Crippen LogP contribution in [0.15, 0.2) is 23.1 Å². The average molecular weight is 250 g/mol. The van der Waals surface area contributed by atoms with Crippen molar-refractivity contribution in [1.29, 1.82) is 5.26 Å². The lowest BCUT2D eigenvalue weighted by molar-refractivity contribution is -0.138. The largest absolute Gasteiger partial charge is 0.491 e. The summed E-state index contributed by atoms with van der Waals surface area (Å²) >= 11 is 0. The lowest BCUT2D eigenvalue weighted by Crippen LogP contribution is -2.28. The van der Waals surface area contributed by atoms with E-state index >= 15 is 0 Å². The van der Waals surface area contributed by atoms with E-state index in [9.17, 15) is 4.79 Å². The SMILES string of the molecule is CCOC(=O)C(C#N)=CC1=C(N)CC(C)(C)CO1. The molecule has 1 heterocycles. The standard InChI is InChI=1S/C13H18N2O3/c1-4-17-12(16)9(7-14)5-11-10(15)6-13(2,3)8-18-11/h5H,4,6,8,15H2,1-3H3. The normalized spacial score (nSPS) is 18.9. The first-order valence-electron chi connectivity index (χ1n) is 5.80. The molecule has 0 saturated carbocycles. The lowest BCUT2D eigenvalue weighted by Gasteiger charge is -2.30. The minimum atomic E-state index is -0.659. The summed E-state index contributed by atoms with van der Waals surface area (Å²) in [6.45, 7) is 6.48. The second kappa shape index (κ2) is 5.58. The Bertz CT molecular complexity index is 442. The average Bonchev–Trinajstić information content (AvgIpc) is 2.27. The van der Waals surface area contributed by atoms with Crippen LogP contribution in [0.2, 0.25) is 0 Å². The molecule has 1 rings (SSSR count). The van der Waals surface area contributed by atoms with E-state index in [-0.39, 0.29) is 17.6 Å². The van der Waals surface area contributed by atoms with Crippen LogP contribution >= 0.6 is 0 Å². The number of hydrogen-bond donors (Lipinski definition) is 1. The maximum Gasteiger partial charge on any atom is 0.349 e. The van der Waals surface area contributed by atoms with Gasteiger partial charge in [0, 0.05) is 11.5 Å². The summed E-state index contributed by atoms with van der Waals surface area (Å²) in [7, 11) is 0. The van der Waals surface area contributed by atoms with Crippen LogP contribution in [-0.2, 0) is 14.3 Å². The van der Waals surface area contributed by atoms with Gasteiger partial charge in [-0.1, -0.05) is 13.8 Å². The Morgan fingerprint density at radius 1 is 1.67 bits per heavy atom. The summed E-state index contributed by atoms with van der Waals surface area (Å²) in [5.41, 5.74) is 6.29. The van der Waals surface area contributed by atoms with Gasteiger partial charge in [0.15, 0.2) is 0 Å². The van der Waals surface area contributed by atoms with Gasteiger partial charge >= 0.3 is 5.97 Å². The number of carbonyl (C=O) groups excluding carboxylic acids is 1. The maximum absolute atomic E-state index is 11.5. The zero-order chi connectivity index (χ0) is 13.8. The molecule has 1 aliphatic heterocycles. The minimum absolute atomic E-state index is 0.0296. The molecule has 0 aromatic carbocycles. The van der Waals surface area contributed by atoms with Gasteiger partial charge in [0.2, 0.25) is 0 Å². The summed E-state index contributed by atoms with van der Waals surface area (Å²) < 4.78 is 10.2.